The predicted molar refractivity (Wildman–Crippen MR) is 139 cm³/mol. The Morgan fingerprint density at radius 2 is 1.91 bits per heavy atom. The fourth-order valence-corrected chi connectivity index (χ4v) is 7.14. The van der Waals surface area contributed by atoms with E-state index >= 15 is 0 Å². The lowest BCUT2D eigenvalue weighted by atomic mass is 9.68. The van der Waals surface area contributed by atoms with Crippen LogP contribution in [0, 0.1) is 5.92 Å². The number of hydrogen-bond donors (Lipinski definition) is 1. The number of aliphatic hydroxyl groups is 1. The van der Waals surface area contributed by atoms with Gasteiger partial charge in [-0.15, -0.1) is 0 Å². The maximum absolute atomic E-state index is 12.8. The molecule has 1 N–H and O–H groups in total. The van der Waals surface area contributed by atoms with E-state index in [2.05, 4.69) is 39.6 Å². The molecule has 2 aromatic rings. The fourth-order valence-electron chi connectivity index (χ4n) is 7.14. The van der Waals surface area contributed by atoms with Crippen molar-refractivity contribution >= 4 is 16.8 Å². The minimum absolute atomic E-state index is 0.00743. The summed E-state index contributed by atoms with van der Waals surface area (Å²) in [6.07, 6.45) is 7.18. The number of nitrogens with zero attached hydrogens (tertiary/aromatic N) is 4. The number of methoxy groups -OCH3 is 1. The summed E-state index contributed by atoms with van der Waals surface area (Å²) in [7, 11) is 7.77. The zero-order valence-electron chi connectivity index (χ0n) is 21.9. The van der Waals surface area contributed by atoms with Crippen LogP contribution >= 0.6 is 0 Å². The molecule has 3 aliphatic rings. The van der Waals surface area contributed by atoms with E-state index in [9.17, 15) is 9.90 Å². The Hall–Kier alpha value is -2.09. The van der Waals surface area contributed by atoms with Crippen LogP contribution in [-0.2, 0) is 17.3 Å². The minimum Gasteiger partial charge on any atom is -0.497 e. The second-order valence-corrected chi connectivity index (χ2v) is 11.4. The van der Waals surface area contributed by atoms with Crippen molar-refractivity contribution in [2.75, 3.05) is 60.5 Å². The first-order valence-electron chi connectivity index (χ1n) is 13.3. The first-order chi connectivity index (χ1) is 16.9. The van der Waals surface area contributed by atoms with E-state index in [-0.39, 0.29) is 24.0 Å². The number of hydrogen-bond acceptors (Lipinski definition) is 5. The number of amides is 1. The third-order valence-corrected chi connectivity index (χ3v) is 8.91. The zero-order valence-corrected chi connectivity index (χ0v) is 21.9. The van der Waals surface area contributed by atoms with Gasteiger partial charge in [-0.05, 0) is 63.4 Å². The number of fused-ring (bicyclic) bond motifs is 4. The molecule has 1 aromatic carbocycles. The molecule has 1 spiro atoms. The third kappa shape index (κ3) is 4.36. The molecular weight excluding hydrogens is 440 g/mol. The Morgan fingerprint density at radius 3 is 2.54 bits per heavy atom. The monoisotopic (exact) mass is 482 g/mol. The van der Waals surface area contributed by atoms with E-state index in [1.807, 2.05) is 19.0 Å². The van der Waals surface area contributed by atoms with Gasteiger partial charge in [0.2, 0.25) is 5.91 Å². The maximum atomic E-state index is 12.8. The van der Waals surface area contributed by atoms with Crippen LogP contribution in [-0.4, -0.2) is 90.8 Å². The SMILES string of the molecule is COc1ccc2c3c(n(C)c2c1)[C@H](CO)N(CC1CCCC1)CC31CCN(C(=O)CN(C)C)CC1. The molecule has 0 bridgehead atoms. The van der Waals surface area contributed by atoms with E-state index < -0.39 is 0 Å². The van der Waals surface area contributed by atoms with Gasteiger partial charge in [-0.25, -0.2) is 0 Å². The standard InChI is InChI=1S/C28H42N4O3/c1-29(2)17-25(34)31-13-11-28(12-14-31)19-32(16-20-7-5-6-8-20)24(18-33)27-26(28)22-10-9-21(35-4)15-23(22)30(27)3/h9-10,15,20,24,33H,5-8,11-14,16-19H2,1-4H3/t24-/m0/s1. The van der Waals surface area contributed by atoms with Gasteiger partial charge in [-0.3, -0.25) is 9.69 Å². The van der Waals surface area contributed by atoms with Crippen LogP contribution in [0.2, 0.25) is 0 Å². The summed E-state index contributed by atoms with van der Waals surface area (Å²) in [6, 6.07) is 6.41. The second kappa shape index (κ2) is 9.75. The molecule has 1 saturated carbocycles. The lowest BCUT2D eigenvalue weighted by molar-refractivity contribution is -0.133. The highest BCUT2D eigenvalue weighted by atomic mass is 16.5. The van der Waals surface area contributed by atoms with Gasteiger partial charge in [0, 0.05) is 55.8 Å². The van der Waals surface area contributed by atoms with E-state index in [1.54, 1.807) is 7.11 Å². The van der Waals surface area contributed by atoms with Crippen molar-refractivity contribution in [3.05, 3.63) is 29.5 Å². The summed E-state index contributed by atoms with van der Waals surface area (Å²) in [5, 5.41) is 12.0. The van der Waals surface area contributed by atoms with Crippen molar-refractivity contribution in [1.82, 2.24) is 19.3 Å². The van der Waals surface area contributed by atoms with Crippen molar-refractivity contribution in [1.29, 1.82) is 0 Å². The molecule has 1 saturated heterocycles. The smallest absolute Gasteiger partial charge is 0.236 e. The minimum atomic E-state index is -0.0113. The first kappa shape index (κ1) is 24.6. The molecule has 1 aromatic heterocycles. The van der Waals surface area contributed by atoms with Crippen molar-refractivity contribution in [2.45, 2.75) is 50.0 Å². The van der Waals surface area contributed by atoms with E-state index in [1.165, 1.54) is 47.8 Å². The summed E-state index contributed by atoms with van der Waals surface area (Å²) in [4.78, 5) is 19.4. The highest BCUT2D eigenvalue weighted by Gasteiger charge is 2.48. The van der Waals surface area contributed by atoms with Crippen molar-refractivity contribution in [3.63, 3.8) is 0 Å². The van der Waals surface area contributed by atoms with Gasteiger partial charge in [-0.1, -0.05) is 12.8 Å². The van der Waals surface area contributed by atoms with E-state index in [4.69, 9.17) is 4.74 Å². The van der Waals surface area contributed by atoms with Crippen molar-refractivity contribution in [2.24, 2.45) is 13.0 Å². The predicted octanol–water partition coefficient (Wildman–Crippen LogP) is 3.15. The van der Waals surface area contributed by atoms with Gasteiger partial charge in [0.05, 0.1) is 31.8 Å². The zero-order chi connectivity index (χ0) is 24.7. The number of likely N-dealkylation sites (tertiary alicyclic amines) is 1. The van der Waals surface area contributed by atoms with Crippen LogP contribution in [0.3, 0.4) is 0 Å². The Labute approximate surface area is 209 Å². The summed E-state index contributed by atoms with van der Waals surface area (Å²) >= 11 is 0. The topological polar surface area (TPSA) is 61.2 Å². The molecule has 7 nitrogen and oxygen atoms in total. The number of aromatic nitrogens is 1. The number of ether oxygens (including phenoxy) is 1. The molecule has 0 unspecified atom stereocenters. The average molecular weight is 483 g/mol. The largest absolute Gasteiger partial charge is 0.497 e. The molecular formula is C28H42N4O3. The number of carbonyl (C=O) groups is 1. The highest BCUT2D eigenvalue weighted by molar-refractivity contribution is 5.89. The lowest BCUT2D eigenvalue weighted by Crippen LogP contribution is -2.56. The van der Waals surface area contributed by atoms with Gasteiger partial charge in [-0.2, -0.15) is 0 Å². The van der Waals surface area contributed by atoms with Gasteiger partial charge in [0.15, 0.2) is 0 Å². The summed E-state index contributed by atoms with van der Waals surface area (Å²) in [5.74, 6) is 1.80. The molecule has 3 heterocycles. The van der Waals surface area contributed by atoms with Crippen molar-refractivity contribution in [3.8, 4) is 5.75 Å². The Kier molecular flexibility index (Phi) is 6.85. The number of piperidine rings is 1. The Morgan fingerprint density at radius 1 is 1.20 bits per heavy atom. The molecule has 1 aliphatic carbocycles. The van der Waals surface area contributed by atoms with Crippen LogP contribution in [0.25, 0.3) is 10.9 Å². The molecule has 0 radical (unpaired) electrons. The normalized spacial score (nSPS) is 22.9. The number of aliphatic hydroxyl groups excluding tert-OH is 1. The van der Waals surface area contributed by atoms with Gasteiger partial charge < -0.3 is 24.2 Å². The molecule has 2 aliphatic heterocycles. The molecule has 1 amide bonds. The summed E-state index contributed by atoms with van der Waals surface area (Å²) in [6.45, 7) is 4.19. The van der Waals surface area contributed by atoms with Gasteiger partial charge in [0.1, 0.15) is 5.75 Å². The van der Waals surface area contributed by atoms with Crippen molar-refractivity contribution < 1.29 is 14.6 Å². The van der Waals surface area contributed by atoms with Crippen LogP contribution < -0.4 is 4.74 Å². The Bertz CT molecular complexity index is 1060. The number of carbonyl (C=O) groups excluding carboxylic acids is 1. The molecule has 5 rings (SSSR count). The Balaban J connectivity index is 1.56. The molecule has 192 valence electrons. The number of benzene rings is 1. The molecule has 7 heteroatoms. The molecule has 2 fully saturated rings. The van der Waals surface area contributed by atoms with Crippen LogP contribution in [0.4, 0.5) is 0 Å². The molecule has 35 heavy (non-hydrogen) atoms. The van der Waals surface area contributed by atoms with Gasteiger partial charge in [0.25, 0.3) is 0 Å². The third-order valence-electron chi connectivity index (χ3n) is 8.91. The van der Waals surface area contributed by atoms with Crippen LogP contribution in [0.15, 0.2) is 18.2 Å². The van der Waals surface area contributed by atoms with Gasteiger partial charge >= 0.3 is 0 Å². The van der Waals surface area contributed by atoms with Crippen LogP contribution in [0.1, 0.15) is 55.8 Å². The number of rotatable bonds is 6. The van der Waals surface area contributed by atoms with E-state index in [0.29, 0.717) is 6.54 Å². The average Bonchev–Trinajstić information content (AvgIpc) is 3.46. The van der Waals surface area contributed by atoms with E-state index in [0.717, 1.165) is 50.7 Å². The number of aryl methyl sites for hydroxylation is 1. The second-order valence-electron chi connectivity index (χ2n) is 11.4. The summed E-state index contributed by atoms with van der Waals surface area (Å²) < 4.78 is 7.87. The highest BCUT2D eigenvalue weighted by Crippen LogP contribution is 2.50. The quantitative estimate of drug-likeness (QED) is 0.686. The maximum Gasteiger partial charge on any atom is 0.236 e. The molecule has 1 atom stereocenters. The first-order valence-corrected chi connectivity index (χ1v) is 13.3. The number of likely N-dealkylation sites (N-methyl/N-ethyl adjacent to an activating group) is 1. The summed E-state index contributed by atoms with van der Waals surface area (Å²) in [5.41, 5.74) is 3.82. The lowest BCUT2D eigenvalue weighted by Gasteiger charge is -2.51. The fraction of sp³-hybridized carbons (Fsp3) is 0.679. The van der Waals surface area contributed by atoms with Crippen LogP contribution in [0.5, 0.6) is 5.75 Å².